The van der Waals surface area contributed by atoms with Gasteiger partial charge in [0.2, 0.25) is 5.89 Å². The molecule has 0 unspecified atom stereocenters. The normalized spacial score (nSPS) is 11.2. The third kappa shape index (κ3) is 5.82. The Labute approximate surface area is 96.6 Å². The maximum Gasteiger partial charge on any atom is 0.223 e. The molecule has 1 rings (SSSR count). The highest BCUT2D eigenvalue weighted by atomic mass is 16.5. The van der Waals surface area contributed by atoms with E-state index in [0.29, 0.717) is 11.8 Å². The van der Waals surface area contributed by atoms with Gasteiger partial charge in [0.25, 0.3) is 0 Å². The van der Waals surface area contributed by atoms with Crippen LogP contribution in [0.5, 0.6) is 0 Å². The molecule has 0 aliphatic carbocycles. The van der Waals surface area contributed by atoms with Crippen molar-refractivity contribution >= 4 is 0 Å². The molecule has 0 aromatic carbocycles. The Hall–Kier alpha value is -0.940. The lowest BCUT2D eigenvalue weighted by Crippen LogP contribution is -2.23. The topological polar surface area (TPSA) is 60.2 Å². The second kappa shape index (κ2) is 7.35. The van der Waals surface area contributed by atoms with Gasteiger partial charge < -0.3 is 14.6 Å². The zero-order valence-electron chi connectivity index (χ0n) is 10.3. The fraction of sp³-hybridized carbons (Fsp3) is 0.818. The molecule has 1 heterocycles. The average molecular weight is 227 g/mol. The van der Waals surface area contributed by atoms with E-state index in [1.165, 1.54) is 0 Å². The molecule has 0 aliphatic heterocycles. The van der Waals surface area contributed by atoms with Gasteiger partial charge in [-0.2, -0.15) is 4.98 Å². The summed E-state index contributed by atoms with van der Waals surface area (Å²) in [5, 5.41) is 7.09. The quantitative estimate of drug-likeness (QED) is 0.676. The van der Waals surface area contributed by atoms with Crippen molar-refractivity contribution in [1.82, 2.24) is 15.5 Å². The lowest BCUT2D eigenvalue weighted by atomic mass is 10.2. The van der Waals surface area contributed by atoms with E-state index in [0.717, 1.165) is 38.5 Å². The fourth-order valence-electron chi connectivity index (χ4n) is 1.23. The first kappa shape index (κ1) is 13.1. The van der Waals surface area contributed by atoms with Gasteiger partial charge in [-0.15, -0.1) is 0 Å². The number of nitrogens with one attached hydrogen (secondary N) is 1. The molecule has 92 valence electrons. The maximum absolute atomic E-state index is 5.44. The van der Waals surface area contributed by atoms with Crippen molar-refractivity contribution in [3.63, 3.8) is 0 Å². The molecule has 1 N–H and O–H groups in total. The smallest absolute Gasteiger partial charge is 0.223 e. The van der Waals surface area contributed by atoms with Gasteiger partial charge in [-0.1, -0.05) is 19.0 Å². The molecule has 1 aromatic heterocycles. The molecule has 0 fully saturated rings. The lowest BCUT2D eigenvalue weighted by Gasteiger charge is -2.07. The Bertz CT molecular complexity index is 287. The summed E-state index contributed by atoms with van der Waals surface area (Å²) in [7, 11) is 0. The predicted octanol–water partition coefficient (Wildman–Crippen LogP) is 1.18. The molecule has 5 heteroatoms. The van der Waals surface area contributed by atoms with Crippen LogP contribution in [0, 0.1) is 12.8 Å². The van der Waals surface area contributed by atoms with Crippen molar-refractivity contribution in [2.75, 3.05) is 26.3 Å². The van der Waals surface area contributed by atoms with Gasteiger partial charge in [0.05, 0.1) is 6.61 Å². The van der Waals surface area contributed by atoms with E-state index >= 15 is 0 Å². The third-order valence-electron chi connectivity index (χ3n) is 1.97. The summed E-state index contributed by atoms with van der Waals surface area (Å²) in [6.45, 7) is 9.38. The van der Waals surface area contributed by atoms with Crippen LogP contribution in [0.15, 0.2) is 4.52 Å². The van der Waals surface area contributed by atoms with Gasteiger partial charge in [-0.25, -0.2) is 0 Å². The van der Waals surface area contributed by atoms with Gasteiger partial charge in [0.1, 0.15) is 0 Å². The molecule has 0 saturated carbocycles. The summed E-state index contributed by atoms with van der Waals surface area (Å²) < 4.78 is 10.3. The van der Waals surface area contributed by atoms with E-state index in [1.807, 2.05) is 0 Å². The van der Waals surface area contributed by atoms with E-state index in [1.54, 1.807) is 6.92 Å². The lowest BCUT2D eigenvalue weighted by molar-refractivity contribution is 0.112. The molecule has 0 atom stereocenters. The first-order chi connectivity index (χ1) is 7.68. The van der Waals surface area contributed by atoms with E-state index in [9.17, 15) is 0 Å². The number of nitrogens with zero attached hydrogens (tertiary/aromatic N) is 2. The van der Waals surface area contributed by atoms with Gasteiger partial charge >= 0.3 is 0 Å². The molecule has 0 bridgehead atoms. The molecule has 0 radical (unpaired) electrons. The largest absolute Gasteiger partial charge is 0.380 e. The van der Waals surface area contributed by atoms with Gasteiger partial charge in [0.15, 0.2) is 5.82 Å². The van der Waals surface area contributed by atoms with E-state index < -0.39 is 0 Å². The van der Waals surface area contributed by atoms with Gasteiger partial charge in [0, 0.05) is 33.0 Å². The van der Waals surface area contributed by atoms with Crippen molar-refractivity contribution in [1.29, 1.82) is 0 Å². The molecule has 5 nitrogen and oxygen atoms in total. The minimum Gasteiger partial charge on any atom is -0.380 e. The number of hydrogen-bond acceptors (Lipinski definition) is 5. The molecular formula is C11H21N3O2. The van der Waals surface area contributed by atoms with Crippen LogP contribution < -0.4 is 5.32 Å². The molecule has 0 aliphatic rings. The average Bonchev–Trinajstić information content (AvgIpc) is 2.62. The second-order valence-electron chi connectivity index (χ2n) is 4.20. The number of aromatic nitrogens is 2. The Kier molecular flexibility index (Phi) is 6.03. The standard InChI is InChI=1S/C11H21N3O2/c1-9(2)8-15-7-6-12-5-4-11-13-10(3)16-14-11/h9,12H,4-8H2,1-3H3. The zero-order chi connectivity index (χ0) is 11.8. The highest BCUT2D eigenvalue weighted by Crippen LogP contribution is 1.94. The summed E-state index contributed by atoms with van der Waals surface area (Å²) in [5.41, 5.74) is 0. The van der Waals surface area contributed by atoms with E-state index in [4.69, 9.17) is 9.26 Å². The monoisotopic (exact) mass is 227 g/mol. The van der Waals surface area contributed by atoms with Crippen molar-refractivity contribution in [2.24, 2.45) is 5.92 Å². The SMILES string of the molecule is Cc1nc(CCNCCOCC(C)C)no1. The third-order valence-corrected chi connectivity index (χ3v) is 1.97. The van der Waals surface area contributed by atoms with Gasteiger partial charge in [-0.3, -0.25) is 0 Å². The number of rotatable bonds is 8. The minimum atomic E-state index is 0.599. The molecule has 0 amide bonds. The van der Waals surface area contributed by atoms with Crippen LogP contribution in [0.25, 0.3) is 0 Å². The van der Waals surface area contributed by atoms with Crippen molar-refractivity contribution < 1.29 is 9.26 Å². The molecule has 0 saturated heterocycles. The second-order valence-corrected chi connectivity index (χ2v) is 4.20. The molecule has 16 heavy (non-hydrogen) atoms. The number of ether oxygens (including phenoxy) is 1. The minimum absolute atomic E-state index is 0.599. The first-order valence-corrected chi connectivity index (χ1v) is 5.76. The molecular weight excluding hydrogens is 206 g/mol. The molecule has 0 spiro atoms. The van der Waals surface area contributed by atoms with Crippen molar-refractivity contribution in [3.05, 3.63) is 11.7 Å². The van der Waals surface area contributed by atoms with Crippen LogP contribution in [0.4, 0.5) is 0 Å². The van der Waals surface area contributed by atoms with Gasteiger partial charge in [-0.05, 0) is 5.92 Å². The van der Waals surface area contributed by atoms with Crippen LogP contribution >= 0.6 is 0 Å². The summed E-state index contributed by atoms with van der Waals surface area (Å²) in [5.74, 6) is 1.98. The Balaban J connectivity index is 1.92. The van der Waals surface area contributed by atoms with Crippen molar-refractivity contribution in [2.45, 2.75) is 27.2 Å². The summed E-state index contributed by atoms with van der Waals surface area (Å²) >= 11 is 0. The van der Waals surface area contributed by atoms with E-state index in [2.05, 4.69) is 29.3 Å². The maximum atomic E-state index is 5.44. The first-order valence-electron chi connectivity index (χ1n) is 5.76. The van der Waals surface area contributed by atoms with Crippen LogP contribution in [0.2, 0.25) is 0 Å². The highest BCUT2D eigenvalue weighted by Gasteiger charge is 2.00. The van der Waals surface area contributed by atoms with Crippen LogP contribution in [-0.4, -0.2) is 36.4 Å². The van der Waals surface area contributed by atoms with Crippen molar-refractivity contribution in [3.8, 4) is 0 Å². The highest BCUT2D eigenvalue weighted by molar-refractivity contribution is 4.84. The summed E-state index contributed by atoms with van der Waals surface area (Å²) in [6.07, 6.45) is 0.793. The zero-order valence-corrected chi connectivity index (χ0v) is 10.3. The van der Waals surface area contributed by atoms with Crippen LogP contribution in [-0.2, 0) is 11.2 Å². The van der Waals surface area contributed by atoms with E-state index in [-0.39, 0.29) is 0 Å². The fourth-order valence-corrected chi connectivity index (χ4v) is 1.23. The van der Waals surface area contributed by atoms with Crippen LogP contribution in [0.1, 0.15) is 25.6 Å². The van der Waals surface area contributed by atoms with Crippen LogP contribution in [0.3, 0.4) is 0 Å². The Morgan fingerprint density at radius 1 is 1.38 bits per heavy atom. The molecule has 1 aromatic rings. The number of hydrogen-bond donors (Lipinski definition) is 1. The summed E-state index contributed by atoms with van der Waals surface area (Å²) in [6, 6.07) is 0. The Morgan fingerprint density at radius 3 is 2.81 bits per heavy atom. The Morgan fingerprint density at radius 2 is 2.19 bits per heavy atom. The summed E-state index contributed by atoms with van der Waals surface area (Å²) in [4.78, 5) is 4.12. The predicted molar refractivity (Wildman–Crippen MR) is 61.3 cm³/mol. The number of aryl methyl sites for hydroxylation is 1.